The summed E-state index contributed by atoms with van der Waals surface area (Å²) in [7, 11) is 0. The van der Waals surface area contributed by atoms with Crippen molar-refractivity contribution in [2.75, 3.05) is 0 Å². The second kappa shape index (κ2) is 5.79. The Hall–Kier alpha value is -1.97. The van der Waals surface area contributed by atoms with E-state index in [0.717, 1.165) is 10.3 Å². The highest BCUT2D eigenvalue weighted by molar-refractivity contribution is 8.04. The van der Waals surface area contributed by atoms with Crippen LogP contribution in [0.4, 0.5) is 0 Å². The van der Waals surface area contributed by atoms with E-state index in [0.29, 0.717) is 9.24 Å². The fraction of sp³-hybridized carbons (Fsp3) is 0.375. The molecule has 130 valence electrons. The molecule has 2 aromatic heterocycles. The largest absolute Gasteiger partial charge is 0.477 e. The van der Waals surface area contributed by atoms with E-state index in [1.54, 1.807) is 19.2 Å². The maximum Gasteiger partial charge on any atom is 0.353 e. The van der Waals surface area contributed by atoms with E-state index in [1.165, 1.54) is 28.0 Å². The van der Waals surface area contributed by atoms with Crippen LogP contribution in [0, 0.1) is 11.8 Å². The van der Waals surface area contributed by atoms with Crippen molar-refractivity contribution in [2.24, 2.45) is 11.8 Å². The number of nitrogens with zero attached hydrogens (tertiary/aromatic N) is 3. The molecule has 1 amide bonds. The number of amides is 1. The number of carbonyl (C=O) groups excluding carboxylic acids is 1. The van der Waals surface area contributed by atoms with Gasteiger partial charge in [-0.3, -0.25) is 4.79 Å². The number of hydrogen-bond acceptors (Lipinski definition) is 7. The first-order valence-corrected chi connectivity index (χ1v) is 9.41. The van der Waals surface area contributed by atoms with Gasteiger partial charge in [0.25, 0.3) is 0 Å². The number of thiazole rings is 1. The molecular formula is C16H15N3O4S2. The van der Waals surface area contributed by atoms with Crippen molar-refractivity contribution in [1.29, 1.82) is 0 Å². The van der Waals surface area contributed by atoms with Gasteiger partial charge in [0.1, 0.15) is 16.0 Å². The molecule has 1 fully saturated rings. The topological polar surface area (TPSA) is 104 Å². The molecule has 2 aliphatic heterocycles. The lowest BCUT2D eigenvalue weighted by Gasteiger charge is -2.46. The Morgan fingerprint density at radius 1 is 1.48 bits per heavy atom. The van der Waals surface area contributed by atoms with E-state index in [4.69, 9.17) is 0 Å². The third-order valence-electron chi connectivity index (χ3n) is 4.66. The van der Waals surface area contributed by atoms with Gasteiger partial charge in [0.05, 0.1) is 18.1 Å². The fourth-order valence-electron chi connectivity index (χ4n) is 3.54. The Morgan fingerprint density at radius 2 is 2.24 bits per heavy atom. The van der Waals surface area contributed by atoms with Crippen LogP contribution in [0.3, 0.4) is 0 Å². The smallest absolute Gasteiger partial charge is 0.353 e. The molecule has 0 aliphatic carbocycles. The molecule has 2 aromatic rings. The summed E-state index contributed by atoms with van der Waals surface area (Å²) in [6.07, 6.45) is 0.884. The lowest BCUT2D eigenvalue weighted by Crippen LogP contribution is -2.63. The van der Waals surface area contributed by atoms with Gasteiger partial charge in [0.15, 0.2) is 4.34 Å². The van der Waals surface area contributed by atoms with Crippen molar-refractivity contribution >= 4 is 45.3 Å². The van der Waals surface area contributed by atoms with Gasteiger partial charge in [-0.1, -0.05) is 30.0 Å². The van der Waals surface area contributed by atoms with Crippen LogP contribution in [-0.2, 0) is 9.59 Å². The van der Waals surface area contributed by atoms with Crippen LogP contribution in [0.2, 0.25) is 0 Å². The van der Waals surface area contributed by atoms with Crippen LogP contribution < -0.4 is 0 Å². The molecule has 4 rings (SSSR count). The van der Waals surface area contributed by atoms with Crippen molar-refractivity contribution in [2.45, 2.75) is 30.3 Å². The first kappa shape index (κ1) is 16.5. The molecule has 0 saturated carbocycles. The monoisotopic (exact) mass is 377 g/mol. The van der Waals surface area contributed by atoms with E-state index < -0.39 is 18.0 Å². The van der Waals surface area contributed by atoms with Crippen LogP contribution in [0.15, 0.2) is 33.3 Å². The van der Waals surface area contributed by atoms with E-state index in [-0.39, 0.29) is 23.6 Å². The maximum absolute atomic E-state index is 12.3. The highest BCUT2D eigenvalue weighted by Gasteiger charge is 2.60. The number of aliphatic carboxylic acids is 1. The van der Waals surface area contributed by atoms with Crippen LogP contribution >= 0.6 is 23.1 Å². The summed E-state index contributed by atoms with van der Waals surface area (Å²) in [4.78, 5) is 35.5. The Kier molecular flexibility index (Phi) is 3.82. The average Bonchev–Trinajstić information content (AvgIpc) is 3.05. The highest BCUT2D eigenvalue weighted by Crippen LogP contribution is 2.52. The van der Waals surface area contributed by atoms with Gasteiger partial charge in [0.2, 0.25) is 5.91 Å². The Bertz CT molecular complexity index is 890. The minimum absolute atomic E-state index is 0.0108. The second-order valence-electron chi connectivity index (χ2n) is 6.18. The minimum atomic E-state index is -1.13. The van der Waals surface area contributed by atoms with Gasteiger partial charge in [-0.15, -0.1) is 0 Å². The van der Waals surface area contributed by atoms with Crippen LogP contribution in [0.25, 0.3) is 10.3 Å². The second-order valence-corrected chi connectivity index (χ2v) is 8.45. The summed E-state index contributed by atoms with van der Waals surface area (Å²) in [6, 6.07) is 3.34. The lowest BCUT2D eigenvalue weighted by molar-refractivity contribution is -0.163. The summed E-state index contributed by atoms with van der Waals surface area (Å²) in [6.45, 7) is 3.46. The molecule has 4 atom stereocenters. The van der Waals surface area contributed by atoms with Gasteiger partial charge in [-0.2, -0.15) is 0 Å². The Balaban J connectivity index is 1.72. The summed E-state index contributed by atoms with van der Waals surface area (Å²) in [5.41, 5.74) is 0.774. The normalized spacial score (nSPS) is 26.8. The SMILES string of the molecule is CC(O)C1C(=O)N2C(C(=O)O)=C(Sc3nc4cccnc4s3)C(C)C12. The zero-order valence-corrected chi connectivity index (χ0v) is 15.0. The number of fused-ring (bicyclic) bond motifs is 2. The zero-order chi connectivity index (χ0) is 17.9. The molecule has 2 N–H and O–H groups in total. The van der Waals surface area contributed by atoms with Gasteiger partial charge >= 0.3 is 5.97 Å². The number of pyridine rings is 1. The lowest BCUT2D eigenvalue weighted by atomic mass is 9.79. The molecule has 4 unspecified atom stereocenters. The number of hydrogen-bond donors (Lipinski definition) is 2. The average molecular weight is 377 g/mol. The van der Waals surface area contributed by atoms with Crippen molar-refractivity contribution in [3.63, 3.8) is 0 Å². The van der Waals surface area contributed by atoms with Crippen molar-refractivity contribution in [1.82, 2.24) is 14.9 Å². The van der Waals surface area contributed by atoms with E-state index in [2.05, 4.69) is 9.97 Å². The number of β-lactam (4-membered cyclic amide) rings is 1. The molecule has 0 aromatic carbocycles. The first-order chi connectivity index (χ1) is 11.9. The van der Waals surface area contributed by atoms with E-state index in [9.17, 15) is 19.8 Å². The molecule has 1 saturated heterocycles. The van der Waals surface area contributed by atoms with E-state index in [1.807, 2.05) is 13.0 Å². The molecule has 4 heterocycles. The van der Waals surface area contributed by atoms with Gasteiger partial charge in [-0.25, -0.2) is 14.8 Å². The third-order valence-corrected chi connectivity index (χ3v) is 6.98. The summed E-state index contributed by atoms with van der Waals surface area (Å²) < 4.78 is 0.692. The number of carboxylic acids is 1. The molecule has 25 heavy (non-hydrogen) atoms. The standard InChI is InChI=1S/C16H15N3O4S2/c1-6-10-9(7(2)20)14(21)19(10)11(15(22)23)12(6)24-16-18-8-4-3-5-17-13(8)25-16/h3-7,9-10,20H,1-2H3,(H,22,23). The molecule has 2 aliphatic rings. The molecule has 0 spiro atoms. The van der Waals surface area contributed by atoms with Crippen molar-refractivity contribution in [3.05, 3.63) is 28.9 Å². The zero-order valence-electron chi connectivity index (χ0n) is 13.4. The van der Waals surface area contributed by atoms with E-state index >= 15 is 0 Å². The summed E-state index contributed by atoms with van der Waals surface area (Å²) in [5, 5.41) is 19.5. The first-order valence-electron chi connectivity index (χ1n) is 7.78. The highest BCUT2D eigenvalue weighted by atomic mass is 32.2. The van der Waals surface area contributed by atoms with Crippen LogP contribution in [-0.4, -0.2) is 49.1 Å². The number of carboxylic acid groups (broad SMARTS) is 1. The van der Waals surface area contributed by atoms with Gasteiger partial charge in [0, 0.05) is 17.0 Å². The summed E-state index contributed by atoms with van der Waals surface area (Å²) in [5.74, 6) is -2.19. The molecule has 7 nitrogen and oxygen atoms in total. The predicted octanol–water partition coefficient (Wildman–Crippen LogP) is 1.94. The fourth-order valence-corrected chi connectivity index (χ4v) is 5.80. The minimum Gasteiger partial charge on any atom is -0.477 e. The van der Waals surface area contributed by atoms with Crippen LogP contribution in [0.1, 0.15) is 13.8 Å². The number of aromatic nitrogens is 2. The number of carbonyl (C=O) groups is 2. The predicted molar refractivity (Wildman–Crippen MR) is 92.9 cm³/mol. The molecule has 9 heteroatoms. The van der Waals surface area contributed by atoms with Crippen molar-refractivity contribution < 1.29 is 19.8 Å². The van der Waals surface area contributed by atoms with Crippen LogP contribution in [0.5, 0.6) is 0 Å². The number of rotatable bonds is 4. The molecular weight excluding hydrogens is 362 g/mol. The molecule has 0 radical (unpaired) electrons. The van der Waals surface area contributed by atoms with Gasteiger partial charge in [-0.05, 0) is 19.1 Å². The quantitative estimate of drug-likeness (QED) is 0.785. The van der Waals surface area contributed by atoms with Crippen molar-refractivity contribution in [3.8, 4) is 0 Å². The van der Waals surface area contributed by atoms with Gasteiger partial charge < -0.3 is 15.1 Å². The number of aliphatic hydroxyl groups excluding tert-OH is 1. The summed E-state index contributed by atoms with van der Waals surface area (Å²) >= 11 is 2.67. The molecule has 0 bridgehead atoms. The third kappa shape index (κ3) is 2.37. The number of aliphatic hydroxyl groups is 1. The Labute approximate surface area is 151 Å². The maximum atomic E-state index is 12.3. The number of thioether (sulfide) groups is 1. The Morgan fingerprint density at radius 3 is 2.88 bits per heavy atom.